The van der Waals surface area contributed by atoms with Crippen LogP contribution in [0.15, 0.2) is 10.8 Å². The minimum Gasteiger partial charge on any atom is -0.480 e. The molecule has 0 spiro atoms. The molecule has 1 atom stereocenters. The molecule has 0 aliphatic carbocycles. The molecular weight excluding hydrogens is 186 g/mol. The smallest absolute Gasteiger partial charge is 0.320 e. The molecule has 1 heterocycles. The fourth-order valence-corrected chi connectivity index (χ4v) is 1.78. The number of thiophene rings is 1. The third kappa shape index (κ3) is 2.82. The zero-order valence-electron chi connectivity index (χ0n) is 7.70. The average molecular weight is 199 g/mol. The van der Waals surface area contributed by atoms with Gasteiger partial charge in [-0.1, -0.05) is 0 Å². The van der Waals surface area contributed by atoms with Gasteiger partial charge in [0, 0.05) is 6.54 Å². The van der Waals surface area contributed by atoms with Crippen LogP contribution in [0, 0.1) is 6.92 Å². The van der Waals surface area contributed by atoms with E-state index in [0.29, 0.717) is 6.54 Å². The standard InChI is InChI=1S/C9H13NO2S/c1-6-4-13-5-8(6)3-10-7(2)9(11)12/h4-5,7,10H,3H2,1-2H3,(H,11,12). The third-order valence-corrected chi connectivity index (χ3v) is 2.84. The highest BCUT2D eigenvalue weighted by Gasteiger charge is 2.09. The second-order valence-corrected chi connectivity index (χ2v) is 3.76. The number of rotatable bonds is 4. The van der Waals surface area contributed by atoms with E-state index in [2.05, 4.69) is 10.7 Å². The molecule has 1 unspecified atom stereocenters. The Balaban J connectivity index is 2.44. The Bertz CT molecular complexity index is 296. The Hall–Kier alpha value is -0.870. The summed E-state index contributed by atoms with van der Waals surface area (Å²) in [5, 5.41) is 15.6. The number of carbonyl (C=O) groups is 1. The number of carboxylic acids is 1. The first kappa shape index (κ1) is 10.2. The van der Waals surface area contributed by atoms with E-state index in [-0.39, 0.29) is 0 Å². The first-order valence-electron chi connectivity index (χ1n) is 4.09. The van der Waals surface area contributed by atoms with E-state index < -0.39 is 12.0 Å². The van der Waals surface area contributed by atoms with Crippen LogP contribution < -0.4 is 5.32 Å². The van der Waals surface area contributed by atoms with Gasteiger partial charge in [-0.3, -0.25) is 4.79 Å². The third-order valence-electron chi connectivity index (χ3n) is 1.93. The van der Waals surface area contributed by atoms with Crippen LogP contribution in [0.1, 0.15) is 18.1 Å². The molecule has 13 heavy (non-hydrogen) atoms. The van der Waals surface area contributed by atoms with E-state index in [1.807, 2.05) is 12.3 Å². The first-order valence-corrected chi connectivity index (χ1v) is 5.03. The maximum absolute atomic E-state index is 10.5. The van der Waals surface area contributed by atoms with Crippen LogP contribution in [0.2, 0.25) is 0 Å². The molecule has 0 amide bonds. The lowest BCUT2D eigenvalue weighted by atomic mass is 10.2. The minimum absolute atomic E-state index is 0.487. The van der Waals surface area contributed by atoms with E-state index in [4.69, 9.17) is 5.11 Å². The summed E-state index contributed by atoms with van der Waals surface area (Å²) in [7, 11) is 0. The lowest BCUT2D eigenvalue weighted by molar-refractivity contribution is -0.139. The molecule has 1 aromatic rings. The zero-order valence-corrected chi connectivity index (χ0v) is 8.52. The van der Waals surface area contributed by atoms with Crippen molar-refractivity contribution in [3.63, 3.8) is 0 Å². The summed E-state index contributed by atoms with van der Waals surface area (Å²) in [6.45, 7) is 4.30. The van der Waals surface area contributed by atoms with Crippen LogP contribution in [0.25, 0.3) is 0 Å². The Kier molecular flexibility index (Phi) is 3.45. The van der Waals surface area contributed by atoms with Crippen molar-refractivity contribution in [2.45, 2.75) is 26.4 Å². The maximum Gasteiger partial charge on any atom is 0.320 e. The van der Waals surface area contributed by atoms with Crippen LogP contribution in [0.5, 0.6) is 0 Å². The Morgan fingerprint density at radius 1 is 1.69 bits per heavy atom. The van der Waals surface area contributed by atoms with E-state index >= 15 is 0 Å². The topological polar surface area (TPSA) is 49.3 Å². The van der Waals surface area contributed by atoms with Crippen molar-refractivity contribution >= 4 is 17.3 Å². The van der Waals surface area contributed by atoms with Crippen LogP contribution in [0.4, 0.5) is 0 Å². The molecule has 0 saturated heterocycles. The van der Waals surface area contributed by atoms with Gasteiger partial charge in [-0.2, -0.15) is 11.3 Å². The molecule has 0 fully saturated rings. The quantitative estimate of drug-likeness (QED) is 0.774. The fourth-order valence-electron chi connectivity index (χ4n) is 0.918. The Morgan fingerprint density at radius 3 is 2.85 bits per heavy atom. The van der Waals surface area contributed by atoms with Crippen molar-refractivity contribution in [1.82, 2.24) is 5.32 Å². The largest absolute Gasteiger partial charge is 0.480 e. The molecule has 0 aliphatic heterocycles. The molecule has 4 heteroatoms. The average Bonchev–Trinajstić information content (AvgIpc) is 2.47. The van der Waals surface area contributed by atoms with Gasteiger partial charge >= 0.3 is 5.97 Å². The van der Waals surface area contributed by atoms with Gasteiger partial charge in [0.2, 0.25) is 0 Å². The highest BCUT2D eigenvalue weighted by atomic mass is 32.1. The minimum atomic E-state index is -0.812. The number of hydrogen-bond donors (Lipinski definition) is 2. The summed E-state index contributed by atoms with van der Waals surface area (Å²) < 4.78 is 0. The van der Waals surface area contributed by atoms with E-state index in [0.717, 1.165) is 0 Å². The van der Waals surface area contributed by atoms with Gasteiger partial charge < -0.3 is 10.4 Å². The normalized spacial score (nSPS) is 12.8. The molecule has 0 aliphatic rings. The van der Waals surface area contributed by atoms with Gasteiger partial charge in [0.15, 0.2) is 0 Å². The molecule has 0 saturated carbocycles. The molecule has 1 rings (SSSR count). The molecular formula is C9H13NO2S. The predicted octanol–water partition coefficient (Wildman–Crippen LogP) is 1.62. The molecule has 0 bridgehead atoms. The molecule has 2 N–H and O–H groups in total. The lowest BCUT2D eigenvalue weighted by Crippen LogP contribution is -2.33. The summed E-state index contributed by atoms with van der Waals surface area (Å²) in [5.74, 6) is -0.812. The number of aliphatic carboxylic acids is 1. The van der Waals surface area contributed by atoms with Crippen molar-refractivity contribution in [3.8, 4) is 0 Å². The van der Waals surface area contributed by atoms with Crippen molar-refractivity contribution in [3.05, 3.63) is 21.9 Å². The molecule has 0 radical (unpaired) electrons. The maximum atomic E-state index is 10.5. The van der Waals surface area contributed by atoms with Gasteiger partial charge in [-0.25, -0.2) is 0 Å². The second-order valence-electron chi connectivity index (χ2n) is 3.02. The van der Waals surface area contributed by atoms with Crippen molar-refractivity contribution in [2.75, 3.05) is 0 Å². The molecule has 72 valence electrons. The SMILES string of the molecule is Cc1cscc1CNC(C)C(=O)O. The Labute approximate surface area is 81.4 Å². The van der Waals surface area contributed by atoms with Gasteiger partial charge in [-0.15, -0.1) is 0 Å². The summed E-state index contributed by atoms with van der Waals surface area (Å²) >= 11 is 1.64. The lowest BCUT2D eigenvalue weighted by Gasteiger charge is -2.08. The number of carboxylic acid groups (broad SMARTS) is 1. The predicted molar refractivity (Wildman–Crippen MR) is 53.0 cm³/mol. The van der Waals surface area contributed by atoms with Crippen LogP contribution >= 0.6 is 11.3 Å². The number of nitrogens with one attached hydrogen (secondary N) is 1. The summed E-state index contributed by atoms with van der Waals surface area (Å²) in [6.07, 6.45) is 0. The van der Waals surface area contributed by atoms with Gasteiger partial charge in [0.1, 0.15) is 6.04 Å². The van der Waals surface area contributed by atoms with Crippen LogP contribution in [-0.4, -0.2) is 17.1 Å². The molecule has 3 nitrogen and oxygen atoms in total. The highest BCUT2D eigenvalue weighted by Crippen LogP contribution is 2.13. The summed E-state index contributed by atoms with van der Waals surface area (Å²) in [5.41, 5.74) is 2.40. The summed E-state index contributed by atoms with van der Waals surface area (Å²) in [4.78, 5) is 10.5. The van der Waals surface area contributed by atoms with Crippen molar-refractivity contribution < 1.29 is 9.90 Å². The van der Waals surface area contributed by atoms with Gasteiger partial charge in [-0.05, 0) is 35.7 Å². The Morgan fingerprint density at radius 2 is 2.38 bits per heavy atom. The van der Waals surface area contributed by atoms with Crippen molar-refractivity contribution in [1.29, 1.82) is 0 Å². The summed E-state index contributed by atoms with van der Waals surface area (Å²) in [6, 6.07) is -0.487. The zero-order chi connectivity index (χ0) is 9.84. The van der Waals surface area contributed by atoms with Crippen LogP contribution in [-0.2, 0) is 11.3 Å². The monoisotopic (exact) mass is 199 g/mol. The first-order chi connectivity index (χ1) is 6.11. The number of hydrogen-bond acceptors (Lipinski definition) is 3. The van der Waals surface area contributed by atoms with Gasteiger partial charge in [0.05, 0.1) is 0 Å². The fraction of sp³-hybridized carbons (Fsp3) is 0.444. The number of aryl methyl sites for hydroxylation is 1. The van der Waals surface area contributed by atoms with E-state index in [1.165, 1.54) is 11.1 Å². The molecule has 1 aromatic heterocycles. The van der Waals surface area contributed by atoms with Gasteiger partial charge in [0.25, 0.3) is 0 Å². The van der Waals surface area contributed by atoms with E-state index in [1.54, 1.807) is 18.3 Å². The van der Waals surface area contributed by atoms with Crippen molar-refractivity contribution in [2.24, 2.45) is 0 Å². The van der Waals surface area contributed by atoms with Crippen LogP contribution in [0.3, 0.4) is 0 Å². The van der Waals surface area contributed by atoms with E-state index in [9.17, 15) is 4.79 Å². The highest BCUT2D eigenvalue weighted by molar-refractivity contribution is 7.08. The molecule has 0 aromatic carbocycles. The second kappa shape index (κ2) is 4.39.